The zero-order chi connectivity index (χ0) is 14.2. The Balaban J connectivity index is 1.67. The lowest BCUT2D eigenvalue weighted by Gasteiger charge is -2.05. The second kappa shape index (κ2) is 7.85. The summed E-state index contributed by atoms with van der Waals surface area (Å²) in [4.78, 5) is 0. The average molecular weight is 271 g/mol. The molecule has 0 spiro atoms. The monoisotopic (exact) mass is 271 g/mol. The largest absolute Gasteiger partial charge is 0.310 e. The molecular weight excluding hydrogens is 246 g/mol. The lowest BCUT2D eigenvalue weighted by Crippen LogP contribution is -2.21. The molecule has 0 bridgehead atoms. The lowest BCUT2D eigenvalue weighted by molar-refractivity contribution is 0.555. The summed E-state index contributed by atoms with van der Waals surface area (Å²) in [5, 5.41) is 7.83. The number of hydrogen-bond acceptors (Lipinski definition) is 2. The van der Waals surface area contributed by atoms with E-state index in [1.54, 1.807) is 0 Å². The van der Waals surface area contributed by atoms with Crippen LogP contribution >= 0.6 is 0 Å². The smallest absolute Gasteiger partial charge is 0.0534 e. The molecule has 0 atom stereocenters. The quantitative estimate of drug-likeness (QED) is 0.746. The van der Waals surface area contributed by atoms with Crippen LogP contribution < -0.4 is 5.32 Å². The Morgan fingerprint density at radius 3 is 2.65 bits per heavy atom. The van der Waals surface area contributed by atoms with Crippen molar-refractivity contribution in [2.24, 2.45) is 0 Å². The highest BCUT2D eigenvalue weighted by Crippen LogP contribution is 2.06. The predicted octanol–water partition coefficient (Wildman–Crippen LogP) is 3.40. The fourth-order valence-corrected chi connectivity index (χ4v) is 2.19. The molecule has 0 aliphatic rings. The van der Waals surface area contributed by atoms with Crippen LogP contribution in [0.4, 0.5) is 0 Å². The first-order valence-electron chi connectivity index (χ1n) is 7.52. The first-order chi connectivity index (χ1) is 9.74. The Morgan fingerprint density at radius 1 is 1.10 bits per heavy atom. The van der Waals surface area contributed by atoms with Gasteiger partial charge in [0.25, 0.3) is 0 Å². The standard InChI is InChI=1S/C17H25N3/c1-15(2)18-12-17-13-19-20(14-17)11-7-6-10-16-8-4-3-5-9-16/h3-5,8-9,13-15,18H,6-7,10-12H2,1-2H3. The normalized spacial score (nSPS) is 11.2. The number of unbranched alkanes of at least 4 members (excludes halogenated alkanes) is 1. The number of benzene rings is 1. The number of hydrogen-bond donors (Lipinski definition) is 1. The van der Waals surface area contributed by atoms with Crippen LogP contribution in [0, 0.1) is 0 Å². The van der Waals surface area contributed by atoms with Gasteiger partial charge in [0.15, 0.2) is 0 Å². The highest BCUT2D eigenvalue weighted by Gasteiger charge is 2.00. The maximum atomic E-state index is 4.42. The van der Waals surface area contributed by atoms with Gasteiger partial charge in [-0.2, -0.15) is 5.10 Å². The average Bonchev–Trinajstić information content (AvgIpc) is 2.90. The van der Waals surface area contributed by atoms with Crippen LogP contribution in [0.1, 0.15) is 37.8 Å². The summed E-state index contributed by atoms with van der Waals surface area (Å²) in [5.74, 6) is 0. The van der Waals surface area contributed by atoms with E-state index in [4.69, 9.17) is 0 Å². The Kier molecular flexibility index (Phi) is 5.81. The van der Waals surface area contributed by atoms with Gasteiger partial charge in [0.05, 0.1) is 6.20 Å². The van der Waals surface area contributed by atoms with E-state index in [0.29, 0.717) is 6.04 Å². The molecule has 3 heteroatoms. The number of aryl methyl sites for hydroxylation is 2. The molecule has 0 aliphatic carbocycles. The number of nitrogens with one attached hydrogen (secondary N) is 1. The molecule has 0 aliphatic heterocycles. The third-order valence-corrected chi connectivity index (χ3v) is 3.35. The van der Waals surface area contributed by atoms with Gasteiger partial charge in [0, 0.05) is 30.9 Å². The minimum Gasteiger partial charge on any atom is -0.310 e. The first-order valence-corrected chi connectivity index (χ1v) is 7.52. The van der Waals surface area contributed by atoms with Gasteiger partial charge in [-0.15, -0.1) is 0 Å². The van der Waals surface area contributed by atoms with Crippen LogP contribution in [0.5, 0.6) is 0 Å². The second-order valence-electron chi connectivity index (χ2n) is 5.59. The molecule has 0 fully saturated rings. The number of nitrogens with zero attached hydrogens (tertiary/aromatic N) is 2. The van der Waals surface area contributed by atoms with Crippen molar-refractivity contribution in [1.82, 2.24) is 15.1 Å². The molecule has 2 rings (SSSR count). The van der Waals surface area contributed by atoms with Crippen LogP contribution in [0.3, 0.4) is 0 Å². The maximum Gasteiger partial charge on any atom is 0.0534 e. The van der Waals surface area contributed by atoms with E-state index >= 15 is 0 Å². The van der Waals surface area contributed by atoms with Gasteiger partial charge in [-0.25, -0.2) is 0 Å². The molecule has 2 aromatic rings. The summed E-state index contributed by atoms with van der Waals surface area (Å²) in [6.07, 6.45) is 7.66. The van der Waals surface area contributed by atoms with Crippen LogP contribution in [-0.4, -0.2) is 15.8 Å². The number of rotatable bonds is 8. The SMILES string of the molecule is CC(C)NCc1cnn(CCCCc2ccccc2)c1. The highest BCUT2D eigenvalue weighted by molar-refractivity contribution is 5.14. The van der Waals surface area contributed by atoms with Crippen LogP contribution in [-0.2, 0) is 19.5 Å². The van der Waals surface area contributed by atoms with Crippen molar-refractivity contribution in [3.05, 3.63) is 53.9 Å². The molecule has 0 saturated carbocycles. The topological polar surface area (TPSA) is 29.9 Å². The fourth-order valence-electron chi connectivity index (χ4n) is 2.19. The van der Waals surface area contributed by atoms with Crippen molar-refractivity contribution in [1.29, 1.82) is 0 Å². The minimum atomic E-state index is 0.518. The van der Waals surface area contributed by atoms with Crippen molar-refractivity contribution < 1.29 is 0 Å². The Bertz CT molecular complexity index is 488. The van der Waals surface area contributed by atoms with Crippen molar-refractivity contribution >= 4 is 0 Å². The van der Waals surface area contributed by atoms with Gasteiger partial charge in [-0.1, -0.05) is 44.2 Å². The third kappa shape index (κ3) is 5.17. The highest BCUT2D eigenvalue weighted by atomic mass is 15.3. The van der Waals surface area contributed by atoms with Crippen molar-refractivity contribution in [3.8, 4) is 0 Å². The van der Waals surface area contributed by atoms with Crippen LogP contribution in [0.15, 0.2) is 42.7 Å². The van der Waals surface area contributed by atoms with E-state index < -0.39 is 0 Å². The molecule has 1 aromatic carbocycles. The van der Waals surface area contributed by atoms with E-state index in [1.165, 1.54) is 24.0 Å². The Hall–Kier alpha value is -1.61. The lowest BCUT2D eigenvalue weighted by atomic mass is 10.1. The van der Waals surface area contributed by atoms with E-state index in [0.717, 1.165) is 19.5 Å². The van der Waals surface area contributed by atoms with E-state index in [1.807, 2.05) is 6.20 Å². The van der Waals surface area contributed by atoms with Gasteiger partial charge < -0.3 is 5.32 Å². The molecule has 1 heterocycles. The van der Waals surface area contributed by atoms with E-state index in [9.17, 15) is 0 Å². The van der Waals surface area contributed by atoms with Gasteiger partial charge in [0.1, 0.15) is 0 Å². The molecule has 1 aromatic heterocycles. The predicted molar refractivity (Wildman–Crippen MR) is 83.6 cm³/mol. The van der Waals surface area contributed by atoms with Crippen molar-refractivity contribution in [2.75, 3.05) is 0 Å². The van der Waals surface area contributed by atoms with Crippen LogP contribution in [0.2, 0.25) is 0 Å². The van der Waals surface area contributed by atoms with Crippen LogP contribution in [0.25, 0.3) is 0 Å². The molecular formula is C17H25N3. The summed E-state index contributed by atoms with van der Waals surface area (Å²) < 4.78 is 2.06. The van der Waals surface area contributed by atoms with Gasteiger partial charge in [0.2, 0.25) is 0 Å². The molecule has 0 amide bonds. The zero-order valence-corrected chi connectivity index (χ0v) is 12.5. The fraction of sp³-hybridized carbons (Fsp3) is 0.471. The Labute approximate surface area is 122 Å². The maximum absolute atomic E-state index is 4.42. The Morgan fingerprint density at radius 2 is 1.90 bits per heavy atom. The molecule has 1 N–H and O–H groups in total. The molecule has 0 radical (unpaired) electrons. The molecule has 108 valence electrons. The molecule has 0 unspecified atom stereocenters. The van der Waals surface area contributed by atoms with Crippen molar-refractivity contribution in [2.45, 2.75) is 52.2 Å². The second-order valence-corrected chi connectivity index (χ2v) is 5.59. The van der Waals surface area contributed by atoms with Gasteiger partial charge in [-0.3, -0.25) is 4.68 Å². The van der Waals surface area contributed by atoms with E-state index in [-0.39, 0.29) is 0 Å². The summed E-state index contributed by atoms with van der Waals surface area (Å²) in [6, 6.07) is 11.2. The van der Waals surface area contributed by atoms with Crippen molar-refractivity contribution in [3.63, 3.8) is 0 Å². The summed E-state index contributed by atoms with van der Waals surface area (Å²) in [6.45, 7) is 6.23. The minimum absolute atomic E-state index is 0.518. The zero-order valence-electron chi connectivity index (χ0n) is 12.5. The molecule has 3 nitrogen and oxygen atoms in total. The number of aromatic nitrogens is 2. The van der Waals surface area contributed by atoms with E-state index in [2.05, 4.69) is 65.5 Å². The third-order valence-electron chi connectivity index (χ3n) is 3.35. The summed E-state index contributed by atoms with van der Waals surface area (Å²) in [7, 11) is 0. The van der Waals surface area contributed by atoms with Gasteiger partial charge >= 0.3 is 0 Å². The first kappa shape index (κ1) is 14.8. The summed E-state index contributed by atoms with van der Waals surface area (Å²) in [5.41, 5.74) is 2.69. The van der Waals surface area contributed by atoms with Gasteiger partial charge in [-0.05, 0) is 24.8 Å². The molecule has 20 heavy (non-hydrogen) atoms. The summed E-state index contributed by atoms with van der Waals surface area (Å²) >= 11 is 0. The molecule has 0 saturated heterocycles.